The lowest BCUT2D eigenvalue weighted by molar-refractivity contribution is 1.28. The molecular formula is C33H20N2S. The molecule has 3 heteroatoms. The van der Waals surface area contributed by atoms with E-state index in [2.05, 4.69) is 120 Å². The van der Waals surface area contributed by atoms with Crippen molar-refractivity contribution in [3.05, 3.63) is 121 Å². The van der Waals surface area contributed by atoms with Gasteiger partial charge < -0.3 is 0 Å². The highest BCUT2D eigenvalue weighted by Gasteiger charge is 2.12. The van der Waals surface area contributed by atoms with Crippen LogP contribution in [0.2, 0.25) is 0 Å². The zero-order valence-corrected chi connectivity index (χ0v) is 20.2. The monoisotopic (exact) mass is 476 g/mol. The molecule has 8 rings (SSSR count). The largest absolute Gasteiger partial charge is 0.290 e. The molecule has 2 aromatic heterocycles. The van der Waals surface area contributed by atoms with Crippen molar-refractivity contribution in [3.63, 3.8) is 0 Å². The predicted molar refractivity (Wildman–Crippen MR) is 154 cm³/mol. The van der Waals surface area contributed by atoms with Crippen molar-refractivity contribution in [1.29, 1.82) is 0 Å². The van der Waals surface area contributed by atoms with Crippen LogP contribution in [0.25, 0.3) is 69.9 Å². The Kier molecular flexibility index (Phi) is 4.13. The second-order valence-electron chi connectivity index (χ2n) is 9.28. The third-order valence-corrected chi connectivity index (χ3v) is 8.27. The first-order valence-corrected chi connectivity index (χ1v) is 13.0. The fourth-order valence-corrected chi connectivity index (χ4v) is 6.53. The lowest BCUT2D eigenvalue weighted by Crippen LogP contribution is -1.85. The average Bonchev–Trinajstić information content (AvgIpc) is 3.52. The number of imidazole rings is 1. The SMILES string of the molecule is c1cc(-c2ccc3c4ccccc4c4ccccc4c3c2)cc(-c2cn3c(nc4ccccc43)s2)c1. The minimum atomic E-state index is 1.03. The number of thiazole rings is 1. The molecule has 0 amide bonds. The smallest absolute Gasteiger partial charge is 0.195 e. The van der Waals surface area contributed by atoms with Crippen LogP contribution in [-0.2, 0) is 0 Å². The molecule has 0 saturated heterocycles. The number of hydrogen-bond acceptors (Lipinski definition) is 2. The van der Waals surface area contributed by atoms with E-state index in [1.807, 2.05) is 6.07 Å². The van der Waals surface area contributed by atoms with Crippen LogP contribution in [0.3, 0.4) is 0 Å². The van der Waals surface area contributed by atoms with Crippen LogP contribution in [0.5, 0.6) is 0 Å². The third kappa shape index (κ3) is 2.87. The highest BCUT2D eigenvalue weighted by molar-refractivity contribution is 7.20. The van der Waals surface area contributed by atoms with Gasteiger partial charge in [-0.15, -0.1) is 0 Å². The highest BCUT2D eigenvalue weighted by atomic mass is 32.1. The zero-order chi connectivity index (χ0) is 23.6. The molecule has 168 valence electrons. The Morgan fingerprint density at radius 3 is 1.89 bits per heavy atom. The van der Waals surface area contributed by atoms with Gasteiger partial charge in [-0.25, -0.2) is 4.98 Å². The van der Waals surface area contributed by atoms with Gasteiger partial charge in [0.05, 0.1) is 15.9 Å². The molecule has 8 aromatic rings. The van der Waals surface area contributed by atoms with Gasteiger partial charge in [-0.2, -0.15) is 0 Å². The minimum absolute atomic E-state index is 1.03. The molecular weight excluding hydrogens is 456 g/mol. The number of rotatable bonds is 2. The van der Waals surface area contributed by atoms with E-state index in [0.29, 0.717) is 0 Å². The Labute approximate surface area is 211 Å². The molecule has 2 heterocycles. The number of benzene rings is 6. The number of aromatic nitrogens is 2. The third-order valence-electron chi connectivity index (χ3n) is 7.24. The normalized spacial score (nSPS) is 11.9. The van der Waals surface area contributed by atoms with Crippen LogP contribution < -0.4 is 0 Å². The van der Waals surface area contributed by atoms with E-state index < -0.39 is 0 Å². The minimum Gasteiger partial charge on any atom is -0.290 e. The van der Waals surface area contributed by atoms with Crippen LogP contribution in [-0.4, -0.2) is 9.38 Å². The van der Waals surface area contributed by atoms with Gasteiger partial charge in [-0.05, 0) is 73.3 Å². The van der Waals surface area contributed by atoms with Crippen LogP contribution >= 0.6 is 11.3 Å². The van der Waals surface area contributed by atoms with Gasteiger partial charge in [0.25, 0.3) is 0 Å². The lowest BCUT2D eigenvalue weighted by Gasteiger charge is -2.12. The zero-order valence-electron chi connectivity index (χ0n) is 19.3. The first kappa shape index (κ1) is 19.8. The molecule has 0 atom stereocenters. The topological polar surface area (TPSA) is 17.3 Å². The molecule has 0 aliphatic heterocycles. The van der Waals surface area contributed by atoms with Crippen molar-refractivity contribution in [1.82, 2.24) is 9.38 Å². The van der Waals surface area contributed by atoms with E-state index in [9.17, 15) is 0 Å². The van der Waals surface area contributed by atoms with Crippen LogP contribution in [0.1, 0.15) is 0 Å². The van der Waals surface area contributed by atoms with Gasteiger partial charge in [0.15, 0.2) is 4.96 Å². The molecule has 0 radical (unpaired) electrons. The van der Waals surface area contributed by atoms with Crippen LogP contribution in [0.4, 0.5) is 0 Å². The summed E-state index contributed by atoms with van der Waals surface area (Å²) in [6.07, 6.45) is 2.22. The Bertz CT molecular complexity index is 2080. The van der Waals surface area contributed by atoms with E-state index in [4.69, 9.17) is 4.98 Å². The molecule has 0 saturated carbocycles. The Morgan fingerprint density at radius 2 is 1.11 bits per heavy atom. The highest BCUT2D eigenvalue weighted by Crippen LogP contribution is 2.38. The van der Waals surface area contributed by atoms with Crippen LogP contribution in [0.15, 0.2) is 121 Å². The van der Waals surface area contributed by atoms with Crippen LogP contribution in [0, 0.1) is 0 Å². The molecule has 2 nitrogen and oxygen atoms in total. The molecule has 36 heavy (non-hydrogen) atoms. The first-order valence-electron chi connectivity index (χ1n) is 12.1. The van der Waals surface area contributed by atoms with Crippen molar-refractivity contribution in [2.45, 2.75) is 0 Å². The summed E-state index contributed by atoms with van der Waals surface area (Å²) in [5.41, 5.74) is 5.87. The maximum Gasteiger partial charge on any atom is 0.195 e. The Hall–Kier alpha value is -4.47. The van der Waals surface area contributed by atoms with Crippen molar-refractivity contribution in [2.75, 3.05) is 0 Å². The number of nitrogens with zero attached hydrogens (tertiary/aromatic N) is 2. The molecule has 0 bridgehead atoms. The Morgan fingerprint density at radius 1 is 0.500 bits per heavy atom. The summed E-state index contributed by atoms with van der Waals surface area (Å²) in [6, 6.07) is 41.6. The summed E-state index contributed by atoms with van der Waals surface area (Å²) in [5.74, 6) is 0. The molecule has 0 spiro atoms. The maximum absolute atomic E-state index is 4.81. The quantitative estimate of drug-likeness (QED) is 0.227. The molecule has 0 N–H and O–H groups in total. The summed E-state index contributed by atoms with van der Waals surface area (Å²) in [7, 11) is 0. The fourth-order valence-electron chi connectivity index (χ4n) is 5.53. The number of para-hydroxylation sites is 2. The van der Waals surface area contributed by atoms with Crippen molar-refractivity contribution < 1.29 is 0 Å². The summed E-state index contributed by atoms with van der Waals surface area (Å²) in [5, 5.41) is 7.83. The van der Waals surface area contributed by atoms with E-state index in [0.717, 1.165) is 16.0 Å². The van der Waals surface area contributed by atoms with E-state index in [1.54, 1.807) is 11.3 Å². The molecule has 0 aliphatic carbocycles. The molecule has 6 aromatic carbocycles. The predicted octanol–water partition coefficient (Wildman–Crippen LogP) is 9.34. The van der Waals surface area contributed by atoms with Gasteiger partial charge in [-0.1, -0.05) is 102 Å². The average molecular weight is 477 g/mol. The van der Waals surface area contributed by atoms with Crippen molar-refractivity contribution >= 4 is 59.6 Å². The van der Waals surface area contributed by atoms with Crippen molar-refractivity contribution in [3.8, 4) is 21.6 Å². The van der Waals surface area contributed by atoms with E-state index in [-0.39, 0.29) is 0 Å². The van der Waals surface area contributed by atoms with Crippen molar-refractivity contribution in [2.24, 2.45) is 0 Å². The van der Waals surface area contributed by atoms with Gasteiger partial charge in [0.2, 0.25) is 0 Å². The van der Waals surface area contributed by atoms with Gasteiger partial charge in [0, 0.05) is 6.20 Å². The number of fused-ring (bicyclic) bond motifs is 9. The molecule has 0 fully saturated rings. The summed E-state index contributed by atoms with van der Waals surface area (Å²) < 4.78 is 2.20. The van der Waals surface area contributed by atoms with Gasteiger partial charge in [0.1, 0.15) is 0 Å². The standard InChI is InChI=1S/C33H20N2S/c1-2-12-26-24(10-1)25-11-3-4-13-27(25)29-19-22(16-17-28(26)29)21-8-7-9-23(18-21)32-20-35-31-15-6-5-14-30(31)34-33(35)36-32/h1-20H. The first-order chi connectivity index (χ1) is 17.8. The van der Waals surface area contributed by atoms with E-state index >= 15 is 0 Å². The van der Waals surface area contributed by atoms with Gasteiger partial charge >= 0.3 is 0 Å². The molecule has 0 aliphatic rings. The van der Waals surface area contributed by atoms with Gasteiger partial charge in [-0.3, -0.25) is 4.40 Å². The van der Waals surface area contributed by atoms with E-state index in [1.165, 1.54) is 53.9 Å². The molecule has 0 unspecified atom stereocenters. The maximum atomic E-state index is 4.81. The Balaban J connectivity index is 1.30. The summed E-state index contributed by atoms with van der Waals surface area (Å²) in [6.45, 7) is 0. The lowest BCUT2D eigenvalue weighted by atomic mass is 9.92. The fraction of sp³-hybridized carbons (Fsp3) is 0. The summed E-state index contributed by atoms with van der Waals surface area (Å²) in [4.78, 5) is 7.06. The summed E-state index contributed by atoms with van der Waals surface area (Å²) >= 11 is 1.74. The second kappa shape index (κ2) is 7.51. The second-order valence-corrected chi connectivity index (χ2v) is 10.3. The number of hydrogen-bond donors (Lipinski definition) is 0.